The molecule has 6 heteroatoms. The number of carboxylic acid groups (broad SMARTS) is 1. The van der Waals surface area contributed by atoms with E-state index in [4.69, 9.17) is 16.7 Å². The number of aromatic carboxylic acids is 1. The molecule has 2 heterocycles. The Morgan fingerprint density at radius 3 is 2.86 bits per heavy atom. The minimum atomic E-state index is -0.952. The molecular formula is C8H4ClNO2S2. The lowest BCUT2D eigenvalue weighted by Crippen LogP contribution is -1.94. The van der Waals surface area contributed by atoms with Crippen LogP contribution in [0.25, 0.3) is 10.6 Å². The fraction of sp³-hybridized carbons (Fsp3) is 0. The predicted molar refractivity (Wildman–Crippen MR) is 57.4 cm³/mol. The topological polar surface area (TPSA) is 50.2 Å². The van der Waals surface area contributed by atoms with E-state index in [9.17, 15) is 4.79 Å². The van der Waals surface area contributed by atoms with Gasteiger partial charge in [-0.3, -0.25) is 0 Å². The second-order valence-corrected chi connectivity index (χ2v) is 5.01. The van der Waals surface area contributed by atoms with Gasteiger partial charge < -0.3 is 5.11 Å². The Labute approximate surface area is 92.6 Å². The van der Waals surface area contributed by atoms with Crippen molar-refractivity contribution in [3.05, 3.63) is 26.9 Å². The molecule has 72 valence electrons. The van der Waals surface area contributed by atoms with Gasteiger partial charge in [-0.05, 0) is 12.1 Å². The van der Waals surface area contributed by atoms with Crippen molar-refractivity contribution in [1.82, 2.24) is 4.98 Å². The Kier molecular flexibility index (Phi) is 2.54. The van der Waals surface area contributed by atoms with E-state index >= 15 is 0 Å². The Morgan fingerprint density at radius 2 is 2.29 bits per heavy atom. The lowest BCUT2D eigenvalue weighted by Gasteiger charge is -1.92. The fourth-order valence-electron chi connectivity index (χ4n) is 1.01. The molecule has 2 rings (SSSR count). The molecule has 0 aliphatic heterocycles. The van der Waals surface area contributed by atoms with E-state index in [-0.39, 0.29) is 4.88 Å². The van der Waals surface area contributed by atoms with Gasteiger partial charge in [-0.25, -0.2) is 9.78 Å². The SMILES string of the molecule is O=C(O)c1scnc1-c1ccc(Cl)s1. The monoisotopic (exact) mass is 245 g/mol. The molecule has 0 fully saturated rings. The number of halogens is 1. The van der Waals surface area contributed by atoms with Gasteiger partial charge in [0.1, 0.15) is 10.6 Å². The van der Waals surface area contributed by atoms with E-state index in [1.807, 2.05) is 0 Å². The number of thiophene rings is 1. The predicted octanol–water partition coefficient (Wildman–Crippen LogP) is 3.22. The minimum Gasteiger partial charge on any atom is -0.477 e. The number of thiazole rings is 1. The summed E-state index contributed by atoms with van der Waals surface area (Å²) in [6.45, 7) is 0. The number of nitrogens with zero attached hydrogens (tertiary/aromatic N) is 1. The molecule has 1 N–H and O–H groups in total. The van der Waals surface area contributed by atoms with Gasteiger partial charge in [-0.2, -0.15) is 0 Å². The highest BCUT2D eigenvalue weighted by Crippen LogP contribution is 2.33. The van der Waals surface area contributed by atoms with Crippen molar-refractivity contribution in [1.29, 1.82) is 0 Å². The smallest absolute Gasteiger partial charge is 0.348 e. The van der Waals surface area contributed by atoms with Crippen LogP contribution >= 0.6 is 34.3 Å². The molecule has 0 atom stereocenters. The third kappa shape index (κ3) is 1.66. The Bertz CT molecular complexity index is 477. The molecule has 0 aliphatic carbocycles. The van der Waals surface area contributed by atoms with Crippen LogP contribution in [0.15, 0.2) is 17.6 Å². The van der Waals surface area contributed by atoms with Gasteiger partial charge in [-0.1, -0.05) is 11.6 Å². The zero-order valence-electron chi connectivity index (χ0n) is 6.73. The first-order chi connectivity index (χ1) is 6.68. The maximum absolute atomic E-state index is 10.8. The summed E-state index contributed by atoms with van der Waals surface area (Å²) in [4.78, 5) is 15.9. The quantitative estimate of drug-likeness (QED) is 0.884. The number of carboxylic acids is 1. The Morgan fingerprint density at radius 1 is 1.50 bits per heavy atom. The van der Waals surface area contributed by atoms with Crippen molar-refractivity contribution in [2.24, 2.45) is 0 Å². The first kappa shape index (κ1) is 9.64. The van der Waals surface area contributed by atoms with Crippen LogP contribution in [0, 0.1) is 0 Å². The van der Waals surface area contributed by atoms with Crippen molar-refractivity contribution in [3.8, 4) is 10.6 Å². The largest absolute Gasteiger partial charge is 0.477 e. The maximum Gasteiger partial charge on any atom is 0.348 e. The molecule has 0 aromatic carbocycles. The third-order valence-electron chi connectivity index (χ3n) is 1.57. The Balaban J connectivity index is 2.51. The second kappa shape index (κ2) is 3.68. The number of hydrogen-bond acceptors (Lipinski definition) is 4. The summed E-state index contributed by atoms with van der Waals surface area (Å²) in [6, 6.07) is 3.50. The molecule has 2 aromatic heterocycles. The van der Waals surface area contributed by atoms with E-state index in [1.165, 1.54) is 16.8 Å². The van der Waals surface area contributed by atoms with Gasteiger partial charge in [0, 0.05) is 0 Å². The van der Waals surface area contributed by atoms with Crippen LogP contribution in [-0.4, -0.2) is 16.1 Å². The first-order valence-electron chi connectivity index (χ1n) is 3.61. The molecule has 0 amide bonds. The molecule has 3 nitrogen and oxygen atoms in total. The normalized spacial score (nSPS) is 10.4. The highest BCUT2D eigenvalue weighted by atomic mass is 35.5. The van der Waals surface area contributed by atoms with Gasteiger partial charge in [-0.15, -0.1) is 22.7 Å². The van der Waals surface area contributed by atoms with Crippen LogP contribution in [-0.2, 0) is 0 Å². The van der Waals surface area contributed by atoms with Crippen molar-refractivity contribution in [2.45, 2.75) is 0 Å². The zero-order chi connectivity index (χ0) is 10.1. The maximum atomic E-state index is 10.8. The second-order valence-electron chi connectivity index (χ2n) is 2.44. The van der Waals surface area contributed by atoms with Crippen molar-refractivity contribution < 1.29 is 9.90 Å². The third-order valence-corrected chi connectivity index (χ3v) is 3.62. The molecular weight excluding hydrogens is 242 g/mol. The summed E-state index contributed by atoms with van der Waals surface area (Å²) < 4.78 is 0.629. The molecule has 0 aliphatic rings. The van der Waals surface area contributed by atoms with E-state index in [2.05, 4.69) is 4.98 Å². The molecule has 14 heavy (non-hydrogen) atoms. The fourth-order valence-corrected chi connectivity index (χ4v) is 2.76. The molecule has 0 unspecified atom stereocenters. The molecule has 0 saturated heterocycles. The molecule has 0 saturated carbocycles. The number of aromatic nitrogens is 1. The number of carbonyl (C=O) groups is 1. The van der Waals surface area contributed by atoms with Crippen LogP contribution in [0.4, 0.5) is 0 Å². The van der Waals surface area contributed by atoms with E-state index in [1.54, 1.807) is 12.1 Å². The highest BCUT2D eigenvalue weighted by Gasteiger charge is 2.16. The summed E-state index contributed by atoms with van der Waals surface area (Å²) in [5.74, 6) is -0.952. The lowest BCUT2D eigenvalue weighted by atomic mass is 10.3. The van der Waals surface area contributed by atoms with Gasteiger partial charge in [0.05, 0.1) is 14.7 Å². The zero-order valence-corrected chi connectivity index (χ0v) is 9.12. The van der Waals surface area contributed by atoms with Crippen LogP contribution in [0.3, 0.4) is 0 Å². The van der Waals surface area contributed by atoms with Crippen molar-refractivity contribution >= 4 is 40.2 Å². The van der Waals surface area contributed by atoms with Crippen molar-refractivity contribution in [3.63, 3.8) is 0 Å². The molecule has 0 spiro atoms. The van der Waals surface area contributed by atoms with Crippen LogP contribution in [0.5, 0.6) is 0 Å². The van der Waals surface area contributed by atoms with Gasteiger partial charge in [0.2, 0.25) is 0 Å². The summed E-state index contributed by atoms with van der Waals surface area (Å²) in [5, 5.41) is 8.86. The van der Waals surface area contributed by atoms with E-state index < -0.39 is 5.97 Å². The minimum absolute atomic E-state index is 0.253. The Hall–Kier alpha value is -0.910. The molecule has 0 radical (unpaired) electrons. The first-order valence-corrected chi connectivity index (χ1v) is 5.68. The average molecular weight is 246 g/mol. The van der Waals surface area contributed by atoms with Gasteiger partial charge in [0.15, 0.2) is 0 Å². The average Bonchev–Trinajstić information content (AvgIpc) is 2.70. The summed E-state index contributed by atoms with van der Waals surface area (Å²) in [7, 11) is 0. The number of rotatable bonds is 2. The van der Waals surface area contributed by atoms with Crippen LogP contribution in [0.2, 0.25) is 4.34 Å². The van der Waals surface area contributed by atoms with Gasteiger partial charge in [0.25, 0.3) is 0 Å². The van der Waals surface area contributed by atoms with Crippen LogP contribution < -0.4 is 0 Å². The van der Waals surface area contributed by atoms with E-state index in [0.717, 1.165) is 16.2 Å². The molecule has 2 aromatic rings. The van der Waals surface area contributed by atoms with E-state index in [0.29, 0.717) is 10.0 Å². The highest BCUT2D eigenvalue weighted by molar-refractivity contribution is 7.20. The van der Waals surface area contributed by atoms with Crippen molar-refractivity contribution in [2.75, 3.05) is 0 Å². The summed E-state index contributed by atoms with van der Waals surface area (Å²) >= 11 is 8.19. The summed E-state index contributed by atoms with van der Waals surface area (Å²) in [6.07, 6.45) is 0. The van der Waals surface area contributed by atoms with Gasteiger partial charge >= 0.3 is 5.97 Å². The summed E-state index contributed by atoms with van der Waals surface area (Å²) in [5.41, 5.74) is 2.02. The van der Waals surface area contributed by atoms with Crippen LogP contribution in [0.1, 0.15) is 9.67 Å². The number of hydrogen-bond donors (Lipinski definition) is 1. The molecule has 0 bridgehead atoms. The lowest BCUT2D eigenvalue weighted by molar-refractivity contribution is 0.0703. The standard InChI is InChI=1S/C8H4ClNO2S2/c9-5-2-1-4(14-5)6-7(8(11)12)13-3-10-6/h1-3H,(H,11,12).